The standard InChI is InChI=1S/C14H20N2O3/c1-16(11(8-15)9-3-4-9)14(18)10-5-6-13(19-2)12(17)7-10/h5-7,9,11,17H,3-4,8,15H2,1-2H3. The maximum Gasteiger partial charge on any atom is 0.254 e. The summed E-state index contributed by atoms with van der Waals surface area (Å²) >= 11 is 0. The highest BCUT2D eigenvalue weighted by Gasteiger charge is 2.35. The number of aromatic hydroxyl groups is 1. The molecule has 1 fully saturated rings. The zero-order chi connectivity index (χ0) is 14.0. The van der Waals surface area contributed by atoms with Crippen LogP contribution in [0.2, 0.25) is 0 Å². The summed E-state index contributed by atoms with van der Waals surface area (Å²) in [5.74, 6) is 0.723. The molecule has 3 N–H and O–H groups in total. The van der Waals surface area contributed by atoms with Crippen molar-refractivity contribution < 1.29 is 14.6 Å². The minimum atomic E-state index is -0.125. The third-order valence-electron chi connectivity index (χ3n) is 3.65. The molecule has 1 aliphatic rings. The molecular formula is C14H20N2O3. The van der Waals surface area contributed by atoms with Crippen LogP contribution in [0.5, 0.6) is 11.5 Å². The highest BCUT2D eigenvalue weighted by atomic mass is 16.5. The number of hydrogen-bond acceptors (Lipinski definition) is 4. The predicted octanol–water partition coefficient (Wildman–Crippen LogP) is 1.21. The van der Waals surface area contributed by atoms with Gasteiger partial charge < -0.3 is 20.5 Å². The van der Waals surface area contributed by atoms with Crippen LogP contribution in [-0.2, 0) is 0 Å². The average molecular weight is 264 g/mol. The zero-order valence-corrected chi connectivity index (χ0v) is 11.3. The molecule has 0 saturated heterocycles. The van der Waals surface area contributed by atoms with Crippen LogP contribution < -0.4 is 10.5 Å². The van der Waals surface area contributed by atoms with Crippen LogP contribution in [0, 0.1) is 5.92 Å². The van der Waals surface area contributed by atoms with Crippen molar-refractivity contribution in [3.05, 3.63) is 23.8 Å². The Kier molecular flexibility index (Phi) is 3.95. The molecule has 1 aromatic rings. The van der Waals surface area contributed by atoms with E-state index in [4.69, 9.17) is 10.5 Å². The molecule has 0 aromatic heterocycles. The summed E-state index contributed by atoms with van der Waals surface area (Å²) in [6.45, 7) is 0.467. The topological polar surface area (TPSA) is 75.8 Å². The number of carbonyl (C=O) groups excluding carboxylic acids is 1. The van der Waals surface area contributed by atoms with E-state index in [2.05, 4.69) is 0 Å². The van der Waals surface area contributed by atoms with Gasteiger partial charge in [0.05, 0.1) is 7.11 Å². The molecule has 0 heterocycles. The average Bonchev–Trinajstić information content (AvgIpc) is 3.23. The van der Waals surface area contributed by atoms with Crippen LogP contribution in [0.25, 0.3) is 0 Å². The van der Waals surface area contributed by atoms with Crippen LogP contribution in [-0.4, -0.2) is 42.7 Å². The number of phenolic OH excluding ortho intramolecular Hbond substituents is 1. The Morgan fingerprint density at radius 3 is 2.74 bits per heavy atom. The Hall–Kier alpha value is -1.75. The number of rotatable bonds is 5. The molecule has 104 valence electrons. The van der Waals surface area contributed by atoms with Gasteiger partial charge in [0.15, 0.2) is 11.5 Å². The normalized spacial score (nSPS) is 15.9. The summed E-state index contributed by atoms with van der Waals surface area (Å²) in [7, 11) is 3.24. The quantitative estimate of drug-likeness (QED) is 0.838. The number of nitrogens with two attached hydrogens (primary N) is 1. The fourth-order valence-electron chi connectivity index (χ4n) is 2.33. The summed E-state index contributed by atoms with van der Waals surface area (Å²) in [6, 6.07) is 4.75. The monoisotopic (exact) mass is 264 g/mol. The first-order chi connectivity index (χ1) is 9.08. The summed E-state index contributed by atoms with van der Waals surface area (Å²) in [4.78, 5) is 14.0. The Labute approximate surface area is 113 Å². The van der Waals surface area contributed by atoms with E-state index in [0.717, 1.165) is 12.8 Å². The van der Waals surface area contributed by atoms with Crippen LogP contribution in [0.3, 0.4) is 0 Å². The molecule has 1 atom stereocenters. The first-order valence-corrected chi connectivity index (χ1v) is 6.42. The Morgan fingerprint density at radius 2 is 2.26 bits per heavy atom. The molecule has 0 aliphatic heterocycles. The van der Waals surface area contributed by atoms with E-state index in [-0.39, 0.29) is 17.7 Å². The van der Waals surface area contributed by atoms with Crippen molar-refractivity contribution in [3.8, 4) is 11.5 Å². The lowest BCUT2D eigenvalue weighted by molar-refractivity contribution is 0.0718. The zero-order valence-electron chi connectivity index (χ0n) is 11.3. The number of methoxy groups -OCH3 is 1. The van der Waals surface area contributed by atoms with Gasteiger partial charge in [-0.2, -0.15) is 0 Å². The lowest BCUT2D eigenvalue weighted by Gasteiger charge is -2.27. The van der Waals surface area contributed by atoms with Crippen LogP contribution in [0.15, 0.2) is 18.2 Å². The Morgan fingerprint density at radius 1 is 1.58 bits per heavy atom. The molecule has 5 heteroatoms. The van der Waals surface area contributed by atoms with Crippen LogP contribution in [0.4, 0.5) is 0 Å². The number of benzene rings is 1. The van der Waals surface area contributed by atoms with E-state index in [9.17, 15) is 9.90 Å². The van der Waals surface area contributed by atoms with Gasteiger partial charge in [-0.15, -0.1) is 0 Å². The van der Waals surface area contributed by atoms with Gasteiger partial charge >= 0.3 is 0 Å². The van der Waals surface area contributed by atoms with E-state index in [1.165, 1.54) is 13.2 Å². The summed E-state index contributed by atoms with van der Waals surface area (Å²) < 4.78 is 4.96. The van der Waals surface area contributed by atoms with Gasteiger partial charge in [0, 0.05) is 25.2 Å². The van der Waals surface area contributed by atoms with Gasteiger partial charge in [-0.05, 0) is 37.0 Å². The summed E-state index contributed by atoms with van der Waals surface area (Å²) in [5.41, 5.74) is 6.19. The molecule has 0 spiro atoms. The molecule has 1 aromatic carbocycles. The van der Waals surface area contributed by atoms with E-state index >= 15 is 0 Å². The van der Waals surface area contributed by atoms with E-state index < -0.39 is 0 Å². The molecule has 5 nitrogen and oxygen atoms in total. The largest absolute Gasteiger partial charge is 0.504 e. The molecular weight excluding hydrogens is 244 g/mol. The van der Waals surface area contributed by atoms with Crippen molar-refractivity contribution in [1.29, 1.82) is 0 Å². The highest BCUT2D eigenvalue weighted by molar-refractivity contribution is 5.95. The van der Waals surface area contributed by atoms with Gasteiger partial charge in [0.1, 0.15) is 0 Å². The number of likely N-dealkylation sites (N-methyl/N-ethyl adjacent to an activating group) is 1. The molecule has 2 rings (SSSR count). The summed E-state index contributed by atoms with van der Waals surface area (Å²) in [5, 5.41) is 9.72. The highest BCUT2D eigenvalue weighted by Crippen LogP contribution is 2.35. The predicted molar refractivity (Wildman–Crippen MR) is 72.3 cm³/mol. The van der Waals surface area contributed by atoms with E-state index in [1.54, 1.807) is 24.1 Å². The second-order valence-electron chi connectivity index (χ2n) is 4.94. The number of hydrogen-bond donors (Lipinski definition) is 2. The van der Waals surface area contributed by atoms with Crippen molar-refractivity contribution in [3.63, 3.8) is 0 Å². The fraction of sp³-hybridized carbons (Fsp3) is 0.500. The van der Waals surface area contributed by atoms with Crippen molar-refractivity contribution in [2.75, 3.05) is 20.7 Å². The van der Waals surface area contributed by atoms with Crippen molar-refractivity contribution >= 4 is 5.91 Å². The molecule has 1 amide bonds. The minimum Gasteiger partial charge on any atom is -0.504 e. The van der Waals surface area contributed by atoms with E-state index in [0.29, 0.717) is 23.8 Å². The SMILES string of the molecule is COc1ccc(C(=O)N(C)C(CN)C2CC2)cc1O. The lowest BCUT2D eigenvalue weighted by atomic mass is 10.1. The van der Waals surface area contributed by atoms with Gasteiger partial charge in [0.25, 0.3) is 5.91 Å². The molecule has 0 radical (unpaired) electrons. The number of phenols is 1. The van der Waals surface area contributed by atoms with Gasteiger partial charge in [0.2, 0.25) is 0 Å². The molecule has 19 heavy (non-hydrogen) atoms. The third kappa shape index (κ3) is 2.81. The lowest BCUT2D eigenvalue weighted by Crippen LogP contribution is -2.43. The van der Waals surface area contributed by atoms with Gasteiger partial charge in [-0.25, -0.2) is 0 Å². The number of nitrogens with zero attached hydrogens (tertiary/aromatic N) is 1. The van der Waals surface area contributed by atoms with Crippen molar-refractivity contribution in [2.45, 2.75) is 18.9 Å². The smallest absolute Gasteiger partial charge is 0.254 e. The van der Waals surface area contributed by atoms with Gasteiger partial charge in [-0.3, -0.25) is 4.79 Å². The maximum atomic E-state index is 12.3. The second-order valence-corrected chi connectivity index (χ2v) is 4.94. The third-order valence-corrected chi connectivity index (χ3v) is 3.65. The molecule has 1 saturated carbocycles. The number of amides is 1. The second kappa shape index (κ2) is 5.48. The Balaban J connectivity index is 2.16. The first-order valence-electron chi connectivity index (χ1n) is 6.42. The van der Waals surface area contributed by atoms with Crippen molar-refractivity contribution in [1.82, 2.24) is 4.90 Å². The van der Waals surface area contributed by atoms with Crippen molar-refractivity contribution in [2.24, 2.45) is 11.7 Å². The summed E-state index contributed by atoms with van der Waals surface area (Å²) in [6.07, 6.45) is 2.26. The molecule has 1 aliphatic carbocycles. The van der Waals surface area contributed by atoms with E-state index in [1.807, 2.05) is 0 Å². The minimum absolute atomic E-state index is 0.0301. The molecule has 0 bridgehead atoms. The number of carbonyl (C=O) groups is 1. The fourth-order valence-corrected chi connectivity index (χ4v) is 2.33. The van der Waals surface area contributed by atoms with Crippen LogP contribution in [0.1, 0.15) is 23.2 Å². The van der Waals surface area contributed by atoms with Crippen LogP contribution >= 0.6 is 0 Å². The maximum absolute atomic E-state index is 12.3. The first kappa shape index (κ1) is 13.7. The van der Waals surface area contributed by atoms with Gasteiger partial charge in [-0.1, -0.05) is 0 Å². The number of ether oxygens (including phenoxy) is 1. The molecule has 1 unspecified atom stereocenters. The Bertz CT molecular complexity index is 472.